The van der Waals surface area contributed by atoms with E-state index in [9.17, 15) is 29.4 Å². The van der Waals surface area contributed by atoms with Crippen LogP contribution in [0.4, 0.5) is 0 Å². The van der Waals surface area contributed by atoms with Crippen molar-refractivity contribution in [3.05, 3.63) is 59.7 Å². The molecule has 3 saturated heterocycles. The fourth-order valence-corrected chi connectivity index (χ4v) is 7.20. The third kappa shape index (κ3) is 4.06. The smallest absolute Gasteiger partial charge is 0.264 e. The number of piperidine rings is 2. The van der Waals surface area contributed by atoms with E-state index in [-0.39, 0.29) is 24.3 Å². The Morgan fingerprint density at radius 1 is 0.974 bits per heavy atom. The van der Waals surface area contributed by atoms with Crippen LogP contribution < -0.4 is 10.6 Å². The number of carbonyl (C=O) groups is 4. The average molecular weight is 532 g/mol. The van der Waals surface area contributed by atoms with Crippen LogP contribution in [0.25, 0.3) is 11.1 Å². The summed E-state index contributed by atoms with van der Waals surface area (Å²) in [6, 6.07) is 12.5. The number of amides is 3. The number of ketones is 1. The molecule has 2 bridgehead atoms. The number of benzene rings is 2. The second kappa shape index (κ2) is 9.88. The Morgan fingerprint density at radius 2 is 1.59 bits per heavy atom. The Bertz CT molecular complexity index is 1290. The van der Waals surface area contributed by atoms with Gasteiger partial charge in [0.05, 0.1) is 6.04 Å². The Labute approximate surface area is 226 Å². The van der Waals surface area contributed by atoms with Crippen LogP contribution in [-0.2, 0) is 24.8 Å². The first-order chi connectivity index (χ1) is 18.8. The van der Waals surface area contributed by atoms with Crippen LogP contribution in [0.3, 0.4) is 0 Å². The number of carbonyl (C=O) groups excluding carboxylic acids is 4. The van der Waals surface area contributed by atoms with Gasteiger partial charge in [-0.1, -0.05) is 48.5 Å². The van der Waals surface area contributed by atoms with E-state index in [2.05, 4.69) is 10.6 Å². The van der Waals surface area contributed by atoms with Crippen molar-refractivity contribution in [3.8, 4) is 11.1 Å². The molecule has 4 fully saturated rings. The number of aliphatic hydroxyl groups excluding tert-OH is 1. The molecule has 0 aromatic heterocycles. The average Bonchev–Trinajstić information content (AvgIpc) is 3.50. The molecule has 3 aliphatic heterocycles. The first-order valence-corrected chi connectivity index (χ1v) is 13.8. The number of rotatable bonds is 7. The van der Waals surface area contributed by atoms with Crippen LogP contribution in [-0.4, -0.2) is 69.9 Å². The maximum Gasteiger partial charge on any atom is 0.264 e. The highest BCUT2D eigenvalue weighted by molar-refractivity contribution is 6.01. The molecule has 3 atom stereocenters. The molecule has 39 heavy (non-hydrogen) atoms. The van der Waals surface area contributed by atoms with Gasteiger partial charge in [-0.05, 0) is 55.6 Å². The predicted molar refractivity (Wildman–Crippen MR) is 141 cm³/mol. The van der Waals surface area contributed by atoms with Gasteiger partial charge in [-0.15, -0.1) is 0 Å². The van der Waals surface area contributed by atoms with Gasteiger partial charge in [0.2, 0.25) is 11.8 Å². The van der Waals surface area contributed by atoms with Gasteiger partial charge in [0, 0.05) is 29.6 Å². The zero-order valence-electron chi connectivity index (χ0n) is 21.6. The SMILES string of the molecule is O=C1NCC[C@H]1C[C@@H](NC(=O)[C@@H]1C2CCC(CC2)N1C(=O)C1(O)c2ccccc2-c2ccccc21)C(=O)CO. The second-order valence-corrected chi connectivity index (χ2v) is 11.2. The number of fused-ring (bicyclic) bond motifs is 6. The lowest BCUT2D eigenvalue weighted by atomic mass is 9.73. The van der Waals surface area contributed by atoms with Crippen molar-refractivity contribution in [1.82, 2.24) is 15.5 Å². The van der Waals surface area contributed by atoms with E-state index in [1.165, 1.54) is 0 Å². The molecular weight excluding hydrogens is 498 g/mol. The number of hydrogen-bond donors (Lipinski definition) is 4. The van der Waals surface area contributed by atoms with E-state index in [0.717, 1.165) is 36.8 Å². The minimum Gasteiger partial charge on any atom is -0.389 e. The molecule has 2 aromatic rings. The molecule has 5 aliphatic rings. The van der Waals surface area contributed by atoms with E-state index in [0.29, 0.717) is 24.1 Å². The molecular formula is C30H33N3O6. The summed E-state index contributed by atoms with van der Waals surface area (Å²) in [4.78, 5) is 54.7. The van der Waals surface area contributed by atoms with Gasteiger partial charge in [-0.2, -0.15) is 0 Å². The monoisotopic (exact) mass is 531 g/mol. The topological polar surface area (TPSA) is 136 Å². The molecule has 0 spiro atoms. The van der Waals surface area contributed by atoms with Gasteiger partial charge in [-0.25, -0.2) is 0 Å². The highest BCUT2D eigenvalue weighted by atomic mass is 16.3. The van der Waals surface area contributed by atoms with E-state index in [1.807, 2.05) is 24.3 Å². The summed E-state index contributed by atoms with van der Waals surface area (Å²) >= 11 is 0. The Balaban J connectivity index is 1.33. The molecule has 9 nitrogen and oxygen atoms in total. The minimum absolute atomic E-state index is 0.0937. The molecule has 3 heterocycles. The Morgan fingerprint density at radius 3 is 2.15 bits per heavy atom. The van der Waals surface area contributed by atoms with E-state index in [1.54, 1.807) is 29.2 Å². The van der Waals surface area contributed by atoms with Crippen molar-refractivity contribution < 1.29 is 29.4 Å². The van der Waals surface area contributed by atoms with Gasteiger partial charge in [0.15, 0.2) is 11.4 Å². The van der Waals surface area contributed by atoms with Crippen molar-refractivity contribution in [1.29, 1.82) is 0 Å². The molecule has 204 valence electrons. The number of nitrogens with zero attached hydrogens (tertiary/aromatic N) is 1. The van der Waals surface area contributed by atoms with Crippen LogP contribution in [0.1, 0.15) is 49.7 Å². The number of nitrogens with one attached hydrogen (secondary N) is 2. The lowest BCUT2D eigenvalue weighted by molar-refractivity contribution is -0.166. The van der Waals surface area contributed by atoms with Crippen LogP contribution in [0.2, 0.25) is 0 Å². The molecule has 4 N–H and O–H groups in total. The highest BCUT2D eigenvalue weighted by Crippen LogP contribution is 2.50. The van der Waals surface area contributed by atoms with Gasteiger partial charge in [-0.3, -0.25) is 19.2 Å². The van der Waals surface area contributed by atoms with Crippen LogP contribution in [0, 0.1) is 11.8 Å². The summed E-state index contributed by atoms with van der Waals surface area (Å²) in [5, 5.41) is 27.3. The molecule has 0 unspecified atom stereocenters. The van der Waals surface area contributed by atoms with Gasteiger partial charge in [0.1, 0.15) is 12.6 Å². The minimum atomic E-state index is -1.94. The zero-order valence-corrected chi connectivity index (χ0v) is 21.6. The molecule has 1 saturated carbocycles. The number of hydrogen-bond acceptors (Lipinski definition) is 6. The third-order valence-electron chi connectivity index (χ3n) is 9.16. The summed E-state index contributed by atoms with van der Waals surface area (Å²) in [5.74, 6) is -2.30. The lowest BCUT2D eigenvalue weighted by Gasteiger charge is -2.52. The van der Waals surface area contributed by atoms with E-state index >= 15 is 0 Å². The van der Waals surface area contributed by atoms with Crippen LogP contribution in [0.5, 0.6) is 0 Å². The number of aliphatic hydroxyl groups is 2. The standard InChI is InChI=1S/C30H33N3O6/c34-16-25(35)24(15-18-13-14-31-27(18)36)32-28(37)26-17-9-11-19(12-10-17)33(26)29(38)30(39)22-7-3-1-5-20(22)21-6-2-4-8-23(21)30/h1-8,17-19,24,26,34,39H,9-16H2,(H,31,36)(H,32,37)/t17?,18-,19?,24+,26-/m0/s1. The zero-order chi connectivity index (χ0) is 27.3. The second-order valence-electron chi connectivity index (χ2n) is 11.2. The maximum atomic E-state index is 14.5. The van der Waals surface area contributed by atoms with Crippen molar-refractivity contribution in [2.45, 2.75) is 62.3 Å². The van der Waals surface area contributed by atoms with Gasteiger partial charge in [0.25, 0.3) is 5.91 Å². The van der Waals surface area contributed by atoms with E-state index < -0.39 is 47.8 Å². The van der Waals surface area contributed by atoms with Crippen LogP contribution in [0.15, 0.2) is 48.5 Å². The van der Waals surface area contributed by atoms with Gasteiger partial charge >= 0.3 is 0 Å². The quantitative estimate of drug-likeness (QED) is 0.425. The van der Waals surface area contributed by atoms with Crippen LogP contribution >= 0.6 is 0 Å². The van der Waals surface area contributed by atoms with Crippen molar-refractivity contribution in [3.63, 3.8) is 0 Å². The first-order valence-electron chi connectivity index (χ1n) is 13.8. The summed E-state index contributed by atoms with van der Waals surface area (Å²) in [6.45, 7) is -0.250. The summed E-state index contributed by atoms with van der Waals surface area (Å²) in [5.41, 5.74) is 0.631. The summed E-state index contributed by atoms with van der Waals surface area (Å²) in [6.07, 6.45) is 3.65. The normalized spacial score (nSPS) is 26.9. The molecule has 2 aromatic carbocycles. The maximum absolute atomic E-state index is 14.5. The number of Topliss-reactive ketones (excluding diaryl/α,β-unsaturated/α-hetero) is 1. The summed E-state index contributed by atoms with van der Waals surface area (Å²) in [7, 11) is 0. The van der Waals surface area contributed by atoms with Crippen molar-refractivity contribution in [2.75, 3.05) is 13.2 Å². The third-order valence-corrected chi connectivity index (χ3v) is 9.16. The predicted octanol–water partition coefficient (Wildman–Crippen LogP) is 1.24. The Hall–Kier alpha value is -3.56. The molecule has 9 heteroatoms. The molecule has 3 amide bonds. The van der Waals surface area contributed by atoms with E-state index in [4.69, 9.17) is 0 Å². The van der Waals surface area contributed by atoms with Gasteiger partial charge < -0.3 is 25.7 Å². The fourth-order valence-electron chi connectivity index (χ4n) is 7.20. The van der Waals surface area contributed by atoms with Crippen molar-refractivity contribution >= 4 is 23.5 Å². The fraction of sp³-hybridized carbons (Fsp3) is 0.467. The Kier molecular flexibility index (Phi) is 6.51. The molecule has 0 radical (unpaired) electrons. The summed E-state index contributed by atoms with van der Waals surface area (Å²) < 4.78 is 0. The van der Waals surface area contributed by atoms with Crippen molar-refractivity contribution in [2.24, 2.45) is 11.8 Å². The molecule has 2 aliphatic carbocycles. The lowest BCUT2D eigenvalue weighted by Crippen LogP contribution is -2.66. The molecule has 7 rings (SSSR count). The first kappa shape index (κ1) is 25.7. The highest BCUT2D eigenvalue weighted by Gasteiger charge is 2.56. The largest absolute Gasteiger partial charge is 0.389 e.